The zero-order valence-electron chi connectivity index (χ0n) is 15.8. The van der Waals surface area contributed by atoms with Crippen LogP contribution in [0, 0.1) is 0 Å². The SMILES string of the molecule is CCCc1nnc(C(=O)Nc2ccc(C(=O)NC(C)c3ccccc3)cc2)s1. The molecule has 2 aromatic carbocycles. The van der Waals surface area contributed by atoms with E-state index < -0.39 is 0 Å². The number of hydrogen-bond acceptors (Lipinski definition) is 5. The van der Waals surface area contributed by atoms with Gasteiger partial charge >= 0.3 is 0 Å². The number of carbonyl (C=O) groups is 2. The summed E-state index contributed by atoms with van der Waals surface area (Å²) in [5.41, 5.74) is 2.17. The maximum Gasteiger partial charge on any atom is 0.286 e. The molecule has 1 unspecified atom stereocenters. The van der Waals surface area contributed by atoms with Crippen LogP contribution in [-0.4, -0.2) is 22.0 Å². The molecule has 0 radical (unpaired) electrons. The van der Waals surface area contributed by atoms with Crippen LogP contribution in [0.5, 0.6) is 0 Å². The molecule has 0 aliphatic rings. The third kappa shape index (κ3) is 5.01. The molecule has 1 atom stereocenters. The average Bonchev–Trinajstić information content (AvgIpc) is 3.18. The van der Waals surface area contributed by atoms with Crippen LogP contribution in [0.15, 0.2) is 54.6 Å². The summed E-state index contributed by atoms with van der Waals surface area (Å²) in [6.45, 7) is 4.00. The first-order valence-electron chi connectivity index (χ1n) is 9.16. The number of anilines is 1. The van der Waals surface area contributed by atoms with E-state index in [9.17, 15) is 9.59 Å². The number of carbonyl (C=O) groups excluding carboxylic acids is 2. The van der Waals surface area contributed by atoms with Crippen molar-refractivity contribution in [3.05, 3.63) is 75.7 Å². The maximum atomic E-state index is 12.4. The van der Waals surface area contributed by atoms with Crippen molar-refractivity contribution in [3.8, 4) is 0 Å². The topological polar surface area (TPSA) is 84.0 Å². The van der Waals surface area contributed by atoms with Gasteiger partial charge in [-0.1, -0.05) is 48.6 Å². The van der Waals surface area contributed by atoms with Crippen molar-refractivity contribution < 1.29 is 9.59 Å². The summed E-state index contributed by atoms with van der Waals surface area (Å²) in [7, 11) is 0. The molecule has 144 valence electrons. The molecular weight excluding hydrogens is 372 g/mol. The van der Waals surface area contributed by atoms with Crippen LogP contribution in [0.25, 0.3) is 0 Å². The molecule has 2 amide bonds. The van der Waals surface area contributed by atoms with Crippen LogP contribution in [0.4, 0.5) is 5.69 Å². The third-order valence-electron chi connectivity index (χ3n) is 4.18. The predicted molar refractivity (Wildman–Crippen MR) is 111 cm³/mol. The average molecular weight is 395 g/mol. The first-order valence-corrected chi connectivity index (χ1v) is 9.98. The molecule has 0 bridgehead atoms. The normalized spacial score (nSPS) is 11.6. The number of aryl methyl sites for hydroxylation is 1. The summed E-state index contributed by atoms with van der Waals surface area (Å²) in [6.07, 6.45) is 1.78. The Bertz CT molecular complexity index is 939. The maximum absolute atomic E-state index is 12.4. The van der Waals surface area contributed by atoms with Crippen molar-refractivity contribution in [2.75, 3.05) is 5.32 Å². The smallest absolute Gasteiger partial charge is 0.286 e. The number of benzene rings is 2. The lowest BCUT2D eigenvalue weighted by atomic mass is 10.1. The molecule has 1 heterocycles. The minimum atomic E-state index is -0.297. The Labute approximate surface area is 168 Å². The van der Waals surface area contributed by atoms with E-state index in [0.29, 0.717) is 16.3 Å². The molecule has 0 aliphatic heterocycles. The largest absolute Gasteiger partial charge is 0.346 e. The van der Waals surface area contributed by atoms with Crippen LogP contribution >= 0.6 is 11.3 Å². The number of rotatable bonds is 7. The van der Waals surface area contributed by atoms with Gasteiger partial charge in [-0.25, -0.2) is 0 Å². The summed E-state index contributed by atoms with van der Waals surface area (Å²) in [5.74, 6) is -0.461. The van der Waals surface area contributed by atoms with Gasteiger partial charge in [-0.2, -0.15) is 0 Å². The Morgan fingerprint density at radius 3 is 2.39 bits per heavy atom. The highest BCUT2D eigenvalue weighted by atomic mass is 32.1. The minimum Gasteiger partial charge on any atom is -0.346 e. The van der Waals surface area contributed by atoms with Crippen LogP contribution < -0.4 is 10.6 Å². The molecular formula is C21H22N4O2S. The van der Waals surface area contributed by atoms with E-state index in [1.807, 2.05) is 37.3 Å². The van der Waals surface area contributed by atoms with Gasteiger partial charge in [0.15, 0.2) is 0 Å². The quantitative estimate of drug-likeness (QED) is 0.628. The fraction of sp³-hybridized carbons (Fsp3) is 0.238. The molecule has 6 nitrogen and oxygen atoms in total. The van der Waals surface area contributed by atoms with Gasteiger partial charge in [0.05, 0.1) is 6.04 Å². The fourth-order valence-corrected chi connectivity index (χ4v) is 3.49. The summed E-state index contributed by atoms with van der Waals surface area (Å²) in [4.78, 5) is 24.7. The third-order valence-corrected chi connectivity index (χ3v) is 5.16. The van der Waals surface area contributed by atoms with Crippen LogP contribution in [-0.2, 0) is 6.42 Å². The van der Waals surface area contributed by atoms with E-state index >= 15 is 0 Å². The van der Waals surface area contributed by atoms with Crippen LogP contribution in [0.2, 0.25) is 0 Å². The lowest BCUT2D eigenvalue weighted by Gasteiger charge is -2.14. The fourth-order valence-electron chi connectivity index (χ4n) is 2.65. The predicted octanol–water partition coefficient (Wildman–Crippen LogP) is 4.23. The highest BCUT2D eigenvalue weighted by Gasteiger charge is 2.14. The number of amides is 2. The molecule has 0 spiro atoms. The zero-order chi connectivity index (χ0) is 19.9. The molecule has 0 fully saturated rings. The van der Waals surface area contributed by atoms with Crippen molar-refractivity contribution in [2.45, 2.75) is 32.7 Å². The van der Waals surface area contributed by atoms with Gasteiger partial charge in [0, 0.05) is 17.7 Å². The second kappa shape index (κ2) is 9.23. The van der Waals surface area contributed by atoms with E-state index in [2.05, 4.69) is 27.8 Å². The number of nitrogens with one attached hydrogen (secondary N) is 2. The molecule has 2 N–H and O–H groups in total. The van der Waals surface area contributed by atoms with Gasteiger partial charge < -0.3 is 10.6 Å². The molecule has 1 aromatic heterocycles. The molecule has 7 heteroatoms. The first kappa shape index (κ1) is 19.7. The van der Waals surface area contributed by atoms with Crippen LogP contribution in [0.3, 0.4) is 0 Å². The highest BCUT2D eigenvalue weighted by molar-refractivity contribution is 7.13. The van der Waals surface area contributed by atoms with Gasteiger partial charge in [-0.15, -0.1) is 10.2 Å². The number of aromatic nitrogens is 2. The van der Waals surface area contributed by atoms with Crippen molar-refractivity contribution >= 4 is 28.8 Å². The molecule has 0 saturated carbocycles. The second-order valence-electron chi connectivity index (χ2n) is 6.39. The van der Waals surface area contributed by atoms with Crippen molar-refractivity contribution in [2.24, 2.45) is 0 Å². The van der Waals surface area contributed by atoms with Crippen molar-refractivity contribution in [3.63, 3.8) is 0 Å². The lowest BCUT2D eigenvalue weighted by Crippen LogP contribution is -2.26. The van der Waals surface area contributed by atoms with Gasteiger partial charge in [-0.3, -0.25) is 9.59 Å². The number of nitrogens with zero attached hydrogens (tertiary/aromatic N) is 2. The molecule has 3 aromatic rings. The van der Waals surface area contributed by atoms with Gasteiger partial charge in [-0.05, 0) is 43.2 Å². The Hall–Kier alpha value is -3.06. The first-order chi connectivity index (χ1) is 13.6. The molecule has 0 saturated heterocycles. The highest BCUT2D eigenvalue weighted by Crippen LogP contribution is 2.16. The summed E-state index contributed by atoms with van der Waals surface area (Å²) < 4.78 is 0. The van der Waals surface area contributed by atoms with Crippen molar-refractivity contribution in [1.29, 1.82) is 0 Å². The minimum absolute atomic E-state index is 0.0946. The monoisotopic (exact) mass is 394 g/mol. The standard InChI is InChI=1S/C21H22N4O2S/c1-3-7-18-24-25-21(28-18)20(27)23-17-12-10-16(11-13-17)19(26)22-14(2)15-8-5-4-6-9-15/h4-6,8-14H,3,7H2,1-2H3,(H,22,26)(H,23,27). The van der Waals surface area contributed by atoms with Crippen molar-refractivity contribution in [1.82, 2.24) is 15.5 Å². The summed E-state index contributed by atoms with van der Waals surface area (Å²) in [5, 5.41) is 14.9. The van der Waals surface area contributed by atoms with E-state index in [1.54, 1.807) is 24.3 Å². The number of hydrogen-bond donors (Lipinski definition) is 2. The summed E-state index contributed by atoms with van der Waals surface area (Å²) in [6, 6.07) is 16.5. The Morgan fingerprint density at radius 2 is 1.71 bits per heavy atom. The Morgan fingerprint density at radius 1 is 1.00 bits per heavy atom. The van der Waals surface area contributed by atoms with Gasteiger partial charge in [0.25, 0.3) is 11.8 Å². The zero-order valence-corrected chi connectivity index (χ0v) is 16.6. The van der Waals surface area contributed by atoms with Crippen LogP contribution in [0.1, 0.15) is 57.0 Å². The van der Waals surface area contributed by atoms with E-state index in [0.717, 1.165) is 23.4 Å². The molecule has 28 heavy (non-hydrogen) atoms. The Balaban J connectivity index is 1.59. The van der Waals surface area contributed by atoms with Gasteiger partial charge in [0.2, 0.25) is 5.01 Å². The summed E-state index contributed by atoms with van der Waals surface area (Å²) >= 11 is 1.30. The lowest BCUT2D eigenvalue weighted by molar-refractivity contribution is 0.0939. The van der Waals surface area contributed by atoms with Gasteiger partial charge in [0.1, 0.15) is 5.01 Å². The van der Waals surface area contributed by atoms with E-state index in [-0.39, 0.29) is 17.9 Å². The van der Waals surface area contributed by atoms with E-state index in [1.165, 1.54) is 11.3 Å². The van der Waals surface area contributed by atoms with E-state index in [4.69, 9.17) is 0 Å². The second-order valence-corrected chi connectivity index (χ2v) is 7.45. The Kier molecular flexibility index (Phi) is 6.49. The molecule has 3 rings (SSSR count). The molecule has 0 aliphatic carbocycles.